The van der Waals surface area contributed by atoms with Crippen LogP contribution < -0.4 is 10.0 Å². The lowest BCUT2D eigenvalue weighted by molar-refractivity contribution is 0.202. The first-order valence-corrected chi connectivity index (χ1v) is 7.97. The van der Waals surface area contributed by atoms with Gasteiger partial charge in [0.25, 0.3) is 0 Å². The van der Waals surface area contributed by atoms with Crippen LogP contribution in [0.3, 0.4) is 0 Å². The Kier molecular flexibility index (Phi) is 4.79. The van der Waals surface area contributed by atoms with Crippen LogP contribution in [0.2, 0.25) is 0 Å². The predicted octanol–water partition coefficient (Wildman–Crippen LogP) is 0.979. The Morgan fingerprint density at radius 1 is 1.42 bits per heavy atom. The van der Waals surface area contributed by atoms with Crippen molar-refractivity contribution in [3.63, 3.8) is 0 Å². The van der Waals surface area contributed by atoms with Gasteiger partial charge in [-0.05, 0) is 31.0 Å². The molecule has 19 heavy (non-hydrogen) atoms. The van der Waals surface area contributed by atoms with Crippen molar-refractivity contribution >= 4 is 15.7 Å². The molecule has 0 aromatic heterocycles. The van der Waals surface area contributed by atoms with Crippen molar-refractivity contribution in [3.05, 3.63) is 29.8 Å². The highest BCUT2D eigenvalue weighted by Gasteiger charge is 2.28. The summed E-state index contributed by atoms with van der Waals surface area (Å²) in [6.45, 7) is 1.86. The topological polar surface area (TPSA) is 67.4 Å². The zero-order valence-electron chi connectivity index (χ0n) is 11.1. The number of methoxy groups -OCH3 is 1. The summed E-state index contributed by atoms with van der Waals surface area (Å²) in [7, 11) is -1.68. The molecule has 1 saturated heterocycles. The molecule has 1 atom stereocenters. The third-order valence-electron chi connectivity index (χ3n) is 3.30. The summed E-state index contributed by atoms with van der Waals surface area (Å²) >= 11 is 0. The van der Waals surface area contributed by atoms with Crippen LogP contribution in [-0.4, -0.2) is 40.5 Å². The number of ether oxygens (including phenoxy) is 1. The Labute approximate surface area is 114 Å². The van der Waals surface area contributed by atoms with Crippen LogP contribution in [0.1, 0.15) is 12.0 Å². The van der Waals surface area contributed by atoms with E-state index in [1.54, 1.807) is 13.2 Å². The van der Waals surface area contributed by atoms with E-state index in [9.17, 15) is 8.42 Å². The number of benzene rings is 1. The van der Waals surface area contributed by atoms with Crippen molar-refractivity contribution in [3.8, 4) is 0 Å². The summed E-state index contributed by atoms with van der Waals surface area (Å²) in [4.78, 5) is 0. The van der Waals surface area contributed by atoms with Gasteiger partial charge >= 0.3 is 0 Å². The molecule has 1 aromatic rings. The van der Waals surface area contributed by atoms with Gasteiger partial charge in [0.15, 0.2) is 0 Å². The van der Waals surface area contributed by atoms with Crippen LogP contribution in [0.25, 0.3) is 0 Å². The average Bonchev–Trinajstić information content (AvgIpc) is 2.92. The third-order valence-corrected chi connectivity index (χ3v) is 5.08. The van der Waals surface area contributed by atoms with Gasteiger partial charge in [-0.3, -0.25) is 4.72 Å². The molecule has 0 spiro atoms. The molecular weight excluding hydrogens is 264 g/mol. The van der Waals surface area contributed by atoms with Crippen molar-refractivity contribution < 1.29 is 13.2 Å². The molecule has 1 fully saturated rings. The minimum absolute atomic E-state index is 0.344. The Balaban J connectivity index is 2.13. The summed E-state index contributed by atoms with van der Waals surface area (Å²) in [5, 5.41) is 2.73. The molecule has 6 heteroatoms. The maximum absolute atomic E-state index is 12.2. The second-order valence-corrected chi connectivity index (χ2v) is 6.62. The molecule has 0 bridgehead atoms. The second kappa shape index (κ2) is 6.36. The van der Waals surface area contributed by atoms with Gasteiger partial charge in [0.05, 0.1) is 17.5 Å². The van der Waals surface area contributed by atoms with Crippen LogP contribution in [0.4, 0.5) is 5.69 Å². The summed E-state index contributed by atoms with van der Waals surface area (Å²) in [6.07, 6.45) is 1.35. The van der Waals surface area contributed by atoms with Gasteiger partial charge in [-0.1, -0.05) is 18.2 Å². The highest BCUT2D eigenvalue weighted by molar-refractivity contribution is 7.93. The van der Waals surface area contributed by atoms with E-state index in [4.69, 9.17) is 4.74 Å². The van der Waals surface area contributed by atoms with E-state index in [-0.39, 0.29) is 5.25 Å². The maximum Gasteiger partial charge on any atom is 0.236 e. The molecule has 0 saturated carbocycles. The molecule has 0 aliphatic carbocycles. The number of hydrogen-bond donors (Lipinski definition) is 2. The summed E-state index contributed by atoms with van der Waals surface area (Å²) in [6, 6.07) is 7.45. The van der Waals surface area contributed by atoms with E-state index in [1.807, 2.05) is 18.2 Å². The molecular formula is C13H20N2O3S. The Morgan fingerprint density at radius 2 is 2.21 bits per heavy atom. The minimum atomic E-state index is -3.31. The lowest BCUT2D eigenvalue weighted by Crippen LogP contribution is -2.30. The zero-order chi connectivity index (χ0) is 13.7. The SMILES string of the molecule is COCCc1ccccc1NS(=O)(=O)C1CCNC1. The van der Waals surface area contributed by atoms with Crippen molar-refractivity contribution in [2.24, 2.45) is 0 Å². The molecule has 5 nitrogen and oxygen atoms in total. The van der Waals surface area contributed by atoms with E-state index in [2.05, 4.69) is 10.0 Å². The number of sulfonamides is 1. The van der Waals surface area contributed by atoms with Gasteiger partial charge in [0, 0.05) is 13.7 Å². The fourth-order valence-corrected chi connectivity index (χ4v) is 3.62. The first kappa shape index (κ1) is 14.3. The molecule has 1 aromatic carbocycles. The fraction of sp³-hybridized carbons (Fsp3) is 0.538. The Hall–Kier alpha value is -1.11. The van der Waals surface area contributed by atoms with Crippen molar-refractivity contribution in [1.29, 1.82) is 0 Å². The van der Waals surface area contributed by atoms with Gasteiger partial charge < -0.3 is 10.1 Å². The summed E-state index contributed by atoms with van der Waals surface area (Å²) < 4.78 is 32.2. The van der Waals surface area contributed by atoms with Crippen LogP contribution in [0.15, 0.2) is 24.3 Å². The molecule has 2 N–H and O–H groups in total. The number of nitrogens with one attached hydrogen (secondary N) is 2. The molecule has 0 amide bonds. The predicted molar refractivity (Wildman–Crippen MR) is 75.8 cm³/mol. The minimum Gasteiger partial charge on any atom is -0.384 e. The van der Waals surface area contributed by atoms with E-state index >= 15 is 0 Å². The van der Waals surface area contributed by atoms with Crippen LogP contribution in [0, 0.1) is 0 Å². The quantitative estimate of drug-likeness (QED) is 0.817. The number of hydrogen-bond acceptors (Lipinski definition) is 4. The van der Waals surface area contributed by atoms with Crippen molar-refractivity contribution in [2.75, 3.05) is 31.5 Å². The summed E-state index contributed by atoms with van der Waals surface area (Å²) in [5.41, 5.74) is 1.62. The first-order chi connectivity index (χ1) is 9.13. The lowest BCUT2D eigenvalue weighted by atomic mass is 10.1. The van der Waals surface area contributed by atoms with Gasteiger partial charge in [-0.2, -0.15) is 0 Å². The smallest absolute Gasteiger partial charge is 0.236 e. The fourth-order valence-electron chi connectivity index (χ4n) is 2.18. The first-order valence-electron chi connectivity index (χ1n) is 6.42. The molecule has 1 unspecified atom stereocenters. The Morgan fingerprint density at radius 3 is 2.89 bits per heavy atom. The molecule has 1 aliphatic rings. The van der Waals surface area contributed by atoms with Gasteiger partial charge in [0.2, 0.25) is 10.0 Å². The highest BCUT2D eigenvalue weighted by atomic mass is 32.2. The van der Waals surface area contributed by atoms with Crippen LogP contribution in [0.5, 0.6) is 0 Å². The number of anilines is 1. The second-order valence-electron chi connectivity index (χ2n) is 4.66. The zero-order valence-corrected chi connectivity index (χ0v) is 11.9. The van der Waals surface area contributed by atoms with Gasteiger partial charge in [-0.15, -0.1) is 0 Å². The van der Waals surface area contributed by atoms with Gasteiger partial charge in [0.1, 0.15) is 0 Å². The van der Waals surface area contributed by atoms with Crippen molar-refractivity contribution in [1.82, 2.24) is 5.32 Å². The van der Waals surface area contributed by atoms with Crippen molar-refractivity contribution in [2.45, 2.75) is 18.1 Å². The summed E-state index contributed by atoms with van der Waals surface area (Å²) in [5.74, 6) is 0. The van der Waals surface area contributed by atoms with Crippen LogP contribution >= 0.6 is 0 Å². The number of para-hydroxylation sites is 1. The lowest BCUT2D eigenvalue weighted by Gasteiger charge is -2.15. The standard InChI is InChI=1S/C13H20N2O3S/c1-18-9-7-11-4-2-3-5-13(11)15-19(16,17)12-6-8-14-10-12/h2-5,12,14-15H,6-10H2,1H3. The highest BCUT2D eigenvalue weighted by Crippen LogP contribution is 2.20. The van der Waals surface area contributed by atoms with Gasteiger partial charge in [-0.25, -0.2) is 8.42 Å². The normalized spacial score (nSPS) is 19.5. The largest absolute Gasteiger partial charge is 0.384 e. The van der Waals surface area contributed by atoms with E-state index in [0.29, 0.717) is 31.7 Å². The number of rotatable bonds is 6. The molecule has 1 aliphatic heterocycles. The van der Waals surface area contributed by atoms with E-state index in [0.717, 1.165) is 12.1 Å². The average molecular weight is 284 g/mol. The molecule has 1 heterocycles. The third kappa shape index (κ3) is 3.68. The molecule has 0 radical (unpaired) electrons. The molecule has 2 rings (SSSR count). The monoisotopic (exact) mass is 284 g/mol. The molecule has 106 valence electrons. The maximum atomic E-state index is 12.2. The van der Waals surface area contributed by atoms with E-state index in [1.165, 1.54) is 0 Å². The van der Waals surface area contributed by atoms with E-state index < -0.39 is 10.0 Å². The Bertz CT molecular complexity index is 510. The van der Waals surface area contributed by atoms with Crippen LogP contribution in [-0.2, 0) is 21.2 Å².